The smallest absolute Gasteiger partial charge is 0.306 e. The average molecular weight is 1130 g/mol. The van der Waals surface area contributed by atoms with E-state index in [0.29, 0.717) is 19.3 Å². The second-order valence-corrected chi connectivity index (χ2v) is 21.3. The molecule has 6 nitrogen and oxygen atoms in total. The molecule has 0 radical (unpaired) electrons. The van der Waals surface area contributed by atoms with Crippen LogP contribution in [0.25, 0.3) is 0 Å². The van der Waals surface area contributed by atoms with Crippen molar-refractivity contribution >= 4 is 17.9 Å². The largest absolute Gasteiger partial charge is 0.462 e. The van der Waals surface area contributed by atoms with Gasteiger partial charge in [0.05, 0.1) is 0 Å². The number of hydrogen-bond donors (Lipinski definition) is 0. The number of rotatable bonds is 58. The highest BCUT2D eigenvalue weighted by Gasteiger charge is 2.19. The highest BCUT2D eigenvalue weighted by molar-refractivity contribution is 5.71. The van der Waals surface area contributed by atoms with E-state index in [1.807, 2.05) is 0 Å². The molecule has 0 aromatic rings. The molecule has 1 unspecified atom stereocenters. The zero-order chi connectivity index (χ0) is 59.2. The minimum Gasteiger partial charge on any atom is -0.462 e. The van der Waals surface area contributed by atoms with Gasteiger partial charge in [0.2, 0.25) is 0 Å². The summed E-state index contributed by atoms with van der Waals surface area (Å²) in [6.07, 6.45) is 101. The first kappa shape index (κ1) is 76.8. The summed E-state index contributed by atoms with van der Waals surface area (Å²) >= 11 is 0. The SMILES string of the molecule is CC/C=C\C/C=C\C/C=C\C/C=C\C/C=C\C/C=C\C/C=C\C/C=C\C/C=C\CCCCCCCCCC(=O)OCC(COC(=O)CCCCCCC/C=C\C/C=C\CCCC)OC(=O)CCCCCCC/C=C\C/C=C\C/C=C\CC. The lowest BCUT2D eigenvalue weighted by Crippen LogP contribution is -2.30. The Morgan fingerprint density at radius 1 is 0.256 bits per heavy atom. The molecule has 0 saturated heterocycles. The molecule has 0 aliphatic carbocycles. The Bertz CT molecular complexity index is 1870. The van der Waals surface area contributed by atoms with Gasteiger partial charge in [0.15, 0.2) is 6.10 Å². The van der Waals surface area contributed by atoms with E-state index in [1.165, 1.54) is 44.9 Å². The topological polar surface area (TPSA) is 78.9 Å². The summed E-state index contributed by atoms with van der Waals surface area (Å²) in [4.78, 5) is 38.3. The fraction of sp³-hybridized carbons (Fsp3) is 0.592. The Balaban J connectivity index is 4.32. The predicted molar refractivity (Wildman–Crippen MR) is 357 cm³/mol. The van der Waals surface area contributed by atoms with E-state index >= 15 is 0 Å². The van der Waals surface area contributed by atoms with Crippen LogP contribution >= 0.6 is 0 Å². The first-order valence-corrected chi connectivity index (χ1v) is 33.1. The number of unbranched alkanes of at least 4 members (excludes halogenated alkanes) is 19. The molecular formula is C76H120O6. The van der Waals surface area contributed by atoms with Gasteiger partial charge < -0.3 is 14.2 Å². The summed E-state index contributed by atoms with van der Waals surface area (Å²) in [5, 5.41) is 0. The standard InChI is InChI=1S/C76H120O6/c1-4-7-10-13-16-19-22-25-28-29-30-31-32-33-34-35-36-37-38-39-40-41-42-43-44-45-46-47-49-51-54-57-60-63-66-69-75(78)81-72-73(71-80-74(77)68-65-62-59-56-53-50-27-24-21-18-15-12-9-6-3)82-76(79)70-67-64-61-58-55-52-48-26-23-20-17-14-11-8-5-2/h7-8,10-11,15-20,24-28,30-31,33-34,36-37,39-40,42-43,45-46,48,73H,4-6,9,12-14,21-23,29,32,35,38,41,44,47,49-72H2,1-3H3/b10-7-,11-8-,18-15-,19-16-,20-17-,27-24-,28-25-,31-30-,34-33-,37-36-,40-39-,43-42-,46-45-,48-26-. The van der Waals surface area contributed by atoms with Crippen LogP contribution in [0.15, 0.2) is 170 Å². The minimum absolute atomic E-state index is 0.102. The van der Waals surface area contributed by atoms with Crippen molar-refractivity contribution in [2.75, 3.05) is 13.2 Å². The molecule has 0 heterocycles. The van der Waals surface area contributed by atoms with Crippen molar-refractivity contribution in [2.45, 2.75) is 277 Å². The van der Waals surface area contributed by atoms with Crippen molar-refractivity contribution in [2.24, 2.45) is 0 Å². The third kappa shape index (κ3) is 65.6. The van der Waals surface area contributed by atoms with Crippen LogP contribution < -0.4 is 0 Å². The molecule has 0 aromatic carbocycles. The molecule has 6 heteroatoms. The number of carbonyl (C=O) groups is 3. The van der Waals surface area contributed by atoms with Gasteiger partial charge in [-0.2, -0.15) is 0 Å². The third-order valence-corrected chi connectivity index (χ3v) is 13.4. The second kappa shape index (κ2) is 68.3. The second-order valence-electron chi connectivity index (χ2n) is 21.3. The van der Waals surface area contributed by atoms with Gasteiger partial charge >= 0.3 is 17.9 Å². The van der Waals surface area contributed by atoms with E-state index < -0.39 is 6.10 Å². The maximum Gasteiger partial charge on any atom is 0.306 e. The molecule has 1 atom stereocenters. The maximum absolute atomic E-state index is 12.9. The van der Waals surface area contributed by atoms with E-state index in [9.17, 15) is 14.4 Å². The summed E-state index contributed by atoms with van der Waals surface area (Å²) < 4.78 is 16.9. The summed E-state index contributed by atoms with van der Waals surface area (Å²) in [5.41, 5.74) is 0. The Kier molecular flexibility index (Phi) is 63.9. The van der Waals surface area contributed by atoms with Gasteiger partial charge in [0.25, 0.3) is 0 Å². The van der Waals surface area contributed by atoms with Crippen molar-refractivity contribution < 1.29 is 28.6 Å². The van der Waals surface area contributed by atoms with Gasteiger partial charge in [-0.1, -0.05) is 274 Å². The average Bonchev–Trinajstić information content (AvgIpc) is 3.48. The first-order valence-electron chi connectivity index (χ1n) is 33.1. The summed E-state index contributed by atoms with van der Waals surface area (Å²) in [6.45, 7) is 6.33. The van der Waals surface area contributed by atoms with Crippen LogP contribution in [0.5, 0.6) is 0 Å². The van der Waals surface area contributed by atoms with E-state index in [0.717, 1.165) is 186 Å². The Hall–Kier alpha value is -5.23. The van der Waals surface area contributed by atoms with Crippen LogP contribution in [0.3, 0.4) is 0 Å². The Morgan fingerprint density at radius 2 is 0.476 bits per heavy atom. The predicted octanol–water partition coefficient (Wildman–Crippen LogP) is 23.0. The normalized spacial score (nSPS) is 13.3. The molecular weight excluding hydrogens is 1010 g/mol. The van der Waals surface area contributed by atoms with Crippen molar-refractivity contribution in [3.05, 3.63) is 170 Å². The van der Waals surface area contributed by atoms with Crippen molar-refractivity contribution in [1.29, 1.82) is 0 Å². The zero-order valence-corrected chi connectivity index (χ0v) is 52.7. The van der Waals surface area contributed by atoms with Gasteiger partial charge in [0, 0.05) is 19.3 Å². The van der Waals surface area contributed by atoms with Crippen molar-refractivity contribution in [3.63, 3.8) is 0 Å². The lowest BCUT2D eigenvalue weighted by molar-refractivity contribution is -0.167. The van der Waals surface area contributed by atoms with Crippen LogP contribution in [0.1, 0.15) is 271 Å². The highest BCUT2D eigenvalue weighted by atomic mass is 16.6. The van der Waals surface area contributed by atoms with Gasteiger partial charge in [-0.15, -0.1) is 0 Å². The fourth-order valence-electron chi connectivity index (χ4n) is 8.52. The van der Waals surface area contributed by atoms with Crippen LogP contribution in [0, 0.1) is 0 Å². The van der Waals surface area contributed by atoms with Crippen LogP contribution in [-0.2, 0) is 28.6 Å². The summed E-state index contributed by atoms with van der Waals surface area (Å²) in [5.74, 6) is -0.947. The van der Waals surface area contributed by atoms with Crippen LogP contribution in [0.4, 0.5) is 0 Å². The molecule has 0 amide bonds. The molecule has 0 fully saturated rings. The van der Waals surface area contributed by atoms with E-state index in [1.54, 1.807) is 0 Å². The minimum atomic E-state index is -0.806. The molecule has 0 bridgehead atoms. The van der Waals surface area contributed by atoms with Crippen molar-refractivity contribution in [1.82, 2.24) is 0 Å². The fourth-order valence-corrected chi connectivity index (χ4v) is 8.52. The Morgan fingerprint density at radius 3 is 0.744 bits per heavy atom. The van der Waals surface area contributed by atoms with Gasteiger partial charge in [-0.25, -0.2) is 0 Å². The van der Waals surface area contributed by atoms with E-state index in [2.05, 4.69) is 191 Å². The number of esters is 3. The third-order valence-electron chi connectivity index (χ3n) is 13.4. The van der Waals surface area contributed by atoms with Crippen molar-refractivity contribution in [3.8, 4) is 0 Å². The monoisotopic (exact) mass is 1130 g/mol. The van der Waals surface area contributed by atoms with Gasteiger partial charge in [-0.05, 0) is 148 Å². The summed E-state index contributed by atoms with van der Waals surface area (Å²) in [6, 6.07) is 0. The molecule has 0 aromatic heterocycles. The highest BCUT2D eigenvalue weighted by Crippen LogP contribution is 2.14. The lowest BCUT2D eigenvalue weighted by atomic mass is 10.1. The number of ether oxygens (including phenoxy) is 3. The molecule has 0 saturated carbocycles. The molecule has 0 aliphatic rings. The zero-order valence-electron chi connectivity index (χ0n) is 52.7. The van der Waals surface area contributed by atoms with Gasteiger partial charge in [0.1, 0.15) is 13.2 Å². The molecule has 0 spiro atoms. The van der Waals surface area contributed by atoms with E-state index in [-0.39, 0.29) is 31.1 Å². The molecule has 460 valence electrons. The molecule has 0 N–H and O–H groups in total. The molecule has 82 heavy (non-hydrogen) atoms. The number of hydrogen-bond acceptors (Lipinski definition) is 6. The molecule has 0 aliphatic heterocycles. The molecule has 0 rings (SSSR count). The lowest BCUT2D eigenvalue weighted by Gasteiger charge is -2.18. The quantitative estimate of drug-likeness (QED) is 0.0261. The Labute approximate surface area is 504 Å². The van der Waals surface area contributed by atoms with E-state index in [4.69, 9.17) is 14.2 Å². The summed E-state index contributed by atoms with van der Waals surface area (Å²) in [7, 11) is 0. The van der Waals surface area contributed by atoms with Crippen LogP contribution in [-0.4, -0.2) is 37.2 Å². The van der Waals surface area contributed by atoms with Crippen LogP contribution in [0.2, 0.25) is 0 Å². The number of carbonyl (C=O) groups excluding carboxylic acids is 3. The number of allylic oxidation sites excluding steroid dienone is 28. The van der Waals surface area contributed by atoms with Gasteiger partial charge in [-0.3, -0.25) is 14.4 Å². The maximum atomic E-state index is 12.9. The first-order chi connectivity index (χ1) is 40.5.